The molecule has 19 heavy (non-hydrogen) atoms. The molecule has 1 aromatic rings. The molecular formula is C15H24N2O2. The Morgan fingerprint density at radius 1 is 1.21 bits per heavy atom. The van der Waals surface area contributed by atoms with Crippen molar-refractivity contribution in [2.45, 2.75) is 31.8 Å². The highest BCUT2D eigenvalue weighted by Crippen LogP contribution is 2.31. The Bertz CT molecular complexity index is 405. The number of nitrogens with zero attached hydrogens (tertiary/aromatic N) is 1. The lowest BCUT2D eigenvalue weighted by Gasteiger charge is -2.22. The van der Waals surface area contributed by atoms with Crippen LogP contribution in [-0.4, -0.2) is 38.3 Å². The number of hydrogen-bond acceptors (Lipinski definition) is 4. The molecule has 106 valence electrons. The zero-order valence-corrected chi connectivity index (χ0v) is 11.9. The van der Waals surface area contributed by atoms with E-state index in [0.29, 0.717) is 0 Å². The Kier molecular flexibility index (Phi) is 5.05. The van der Waals surface area contributed by atoms with E-state index in [1.807, 2.05) is 6.07 Å². The Balaban J connectivity index is 2.03. The van der Waals surface area contributed by atoms with Crippen LogP contribution >= 0.6 is 0 Å². The van der Waals surface area contributed by atoms with Crippen LogP contribution in [0.1, 0.15) is 24.8 Å². The normalized spacial score (nSPS) is 14.7. The highest BCUT2D eigenvalue weighted by atomic mass is 16.5. The Morgan fingerprint density at radius 2 is 1.95 bits per heavy atom. The van der Waals surface area contributed by atoms with E-state index >= 15 is 0 Å². The van der Waals surface area contributed by atoms with E-state index in [0.717, 1.165) is 43.6 Å². The average molecular weight is 264 g/mol. The van der Waals surface area contributed by atoms with E-state index in [1.54, 1.807) is 14.2 Å². The van der Waals surface area contributed by atoms with E-state index in [1.165, 1.54) is 18.4 Å². The maximum absolute atomic E-state index is 5.61. The van der Waals surface area contributed by atoms with Gasteiger partial charge in [-0.25, -0.2) is 0 Å². The third-order valence-electron chi connectivity index (χ3n) is 3.55. The molecule has 1 fully saturated rings. The lowest BCUT2D eigenvalue weighted by atomic mass is 10.1. The predicted octanol–water partition coefficient (Wildman–Crippen LogP) is 2.02. The largest absolute Gasteiger partial charge is 0.493 e. The van der Waals surface area contributed by atoms with Crippen LogP contribution in [0.15, 0.2) is 18.2 Å². The van der Waals surface area contributed by atoms with Crippen molar-refractivity contribution in [3.05, 3.63) is 23.8 Å². The van der Waals surface area contributed by atoms with Crippen LogP contribution in [0.4, 0.5) is 0 Å². The van der Waals surface area contributed by atoms with Crippen molar-refractivity contribution in [3.8, 4) is 11.5 Å². The monoisotopic (exact) mass is 264 g/mol. The summed E-state index contributed by atoms with van der Waals surface area (Å²) in [6, 6.07) is 6.90. The molecule has 2 rings (SSSR count). The molecule has 0 bridgehead atoms. The second kappa shape index (κ2) is 6.78. The number of methoxy groups -OCH3 is 2. The fraction of sp³-hybridized carbons (Fsp3) is 0.600. The lowest BCUT2D eigenvalue weighted by molar-refractivity contribution is 0.252. The van der Waals surface area contributed by atoms with Gasteiger partial charge in [-0.2, -0.15) is 0 Å². The molecule has 0 atom stereocenters. The summed E-state index contributed by atoms with van der Waals surface area (Å²) in [7, 11) is 3.34. The Hall–Kier alpha value is -1.26. The van der Waals surface area contributed by atoms with Gasteiger partial charge < -0.3 is 15.2 Å². The zero-order chi connectivity index (χ0) is 13.7. The maximum atomic E-state index is 5.61. The quantitative estimate of drug-likeness (QED) is 0.780. The van der Waals surface area contributed by atoms with Crippen LogP contribution < -0.4 is 15.2 Å². The van der Waals surface area contributed by atoms with Gasteiger partial charge in [0, 0.05) is 12.6 Å². The number of rotatable bonds is 8. The molecule has 1 saturated carbocycles. The van der Waals surface area contributed by atoms with Crippen molar-refractivity contribution in [2.24, 2.45) is 5.73 Å². The highest BCUT2D eigenvalue weighted by Gasteiger charge is 2.28. The second-order valence-electron chi connectivity index (χ2n) is 5.03. The van der Waals surface area contributed by atoms with Crippen molar-refractivity contribution in [2.75, 3.05) is 27.3 Å². The summed E-state index contributed by atoms with van der Waals surface area (Å²) in [5.41, 5.74) is 6.88. The number of benzene rings is 1. The predicted molar refractivity (Wildman–Crippen MR) is 76.6 cm³/mol. The van der Waals surface area contributed by atoms with E-state index in [9.17, 15) is 0 Å². The molecule has 0 heterocycles. The van der Waals surface area contributed by atoms with Gasteiger partial charge in [0.05, 0.1) is 14.2 Å². The fourth-order valence-electron chi connectivity index (χ4n) is 2.34. The van der Waals surface area contributed by atoms with Gasteiger partial charge in [0.25, 0.3) is 0 Å². The third kappa shape index (κ3) is 3.85. The molecule has 1 aromatic carbocycles. The lowest BCUT2D eigenvalue weighted by Crippen LogP contribution is -2.28. The summed E-state index contributed by atoms with van der Waals surface area (Å²) in [6.07, 6.45) is 3.69. The van der Waals surface area contributed by atoms with Gasteiger partial charge in [-0.05, 0) is 50.0 Å². The summed E-state index contributed by atoms with van der Waals surface area (Å²) in [5, 5.41) is 0. The van der Waals surface area contributed by atoms with Crippen LogP contribution in [0.2, 0.25) is 0 Å². The fourth-order valence-corrected chi connectivity index (χ4v) is 2.34. The first-order valence-corrected chi connectivity index (χ1v) is 6.93. The Labute approximate surface area is 115 Å². The number of nitrogens with two attached hydrogens (primary N) is 1. The summed E-state index contributed by atoms with van der Waals surface area (Å²) in [6.45, 7) is 2.80. The standard InChI is InChI=1S/C15H24N2O2/c1-18-14-7-4-12(10-15(14)19-2)11-17(9-3-8-16)13-5-6-13/h4,7,10,13H,3,5-6,8-9,11,16H2,1-2H3. The molecule has 4 nitrogen and oxygen atoms in total. The van der Waals surface area contributed by atoms with Gasteiger partial charge >= 0.3 is 0 Å². The topological polar surface area (TPSA) is 47.7 Å². The second-order valence-corrected chi connectivity index (χ2v) is 5.03. The maximum Gasteiger partial charge on any atom is 0.161 e. The van der Waals surface area contributed by atoms with Crippen LogP contribution in [0.5, 0.6) is 11.5 Å². The first-order chi connectivity index (χ1) is 9.28. The Morgan fingerprint density at radius 3 is 2.53 bits per heavy atom. The molecule has 0 amide bonds. The third-order valence-corrected chi connectivity index (χ3v) is 3.55. The van der Waals surface area contributed by atoms with Gasteiger partial charge in [0.1, 0.15) is 0 Å². The van der Waals surface area contributed by atoms with Crippen molar-refractivity contribution in [1.82, 2.24) is 4.90 Å². The van der Waals surface area contributed by atoms with E-state index in [2.05, 4.69) is 17.0 Å². The molecule has 0 unspecified atom stereocenters. The highest BCUT2D eigenvalue weighted by molar-refractivity contribution is 5.42. The number of hydrogen-bond donors (Lipinski definition) is 1. The molecule has 1 aliphatic carbocycles. The van der Waals surface area contributed by atoms with Crippen LogP contribution in [-0.2, 0) is 6.54 Å². The summed E-state index contributed by atoms with van der Waals surface area (Å²) < 4.78 is 10.6. The summed E-state index contributed by atoms with van der Waals surface area (Å²) in [4.78, 5) is 2.52. The zero-order valence-electron chi connectivity index (χ0n) is 11.9. The van der Waals surface area contributed by atoms with Crippen LogP contribution in [0.3, 0.4) is 0 Å². The van der Waals surface area contributed by atoms with Gasteiger partial charge in [0.2, 0.25) is 0 Å². The van der Waals surface area contributed by atoms with Crippen molar-refractivity contribution >= 4 is 0 Å². The molecule has 4 heteroatoms. The van der Waals surface area contributed by atoms with Crippen molar-refractivity contribution in [1.29, 1.82) is 0 Å². The summed E-state index contributed by atoms with van der Waals surface area (Å²) >= 11 is 0. The molecular weight excluding hydrogens is 240 g/mol. The molecule has 1 aliphatic rings. The molecule has 0 aromatic heterocycles. The average Bonchev–Trinajstić information content (AvgIpc) is 3.27. The SMILES string of the molecule is COc1ccc(CN(CCCN)C2CC2)cc1OC. The van der Waals surface area contributed by atoms with Gasteiger partial charge in [-0.15, -0.1) is 0 Å². The molecule has 0 radical (unpaired) electrons. The summed E-state index contributed by atoms with van der Waals surface area (Å²) in [5.74, 6) is 1.58. The molecule has 2 N–H and O–H groups in total. The molecule has 0 saturated heterocycles. The van der Waals surface area contributed by atoms with Gasteiger partial charge in [-0.3, -0.25) is 4.90 Å². The minimum atomic E-state index is 0.750. The minimum Gasteiger partial charge on any atom is -0.493 e. The van der Waals surface area contributed by atoms with Crippen LogP contribution in [0.25, 0.3) is 0 Å². The molecule has 0 aliphatic heterocycles. The number of ether oxygens (including phenoxy) is 2. The first kappa shape index (κ1) is 14.2. The van der Waals surface area contributed by atoms with Crippen molar-refractivity contribution in [3.63, 3.8) is 0 Å². The first-order valence-electron chi connectivity index (χ1n) is 6.93. The van der Waals surface area contributed by atoms with E-state index in [-0.39, 0.29) is 0 Å². The molecule has 0 spiro atoms. The minimum absolute atomic E-state index is 0.750. The van der Waals surface area contributed by atoms with Gasteiger partial charge in [-0.1, -0.05) is 6.07 Å². The van der Waals surface area contributed by atoms with Crippen LogP contribution in [0, 0.1) is 0 Å². The van der Waals surface area contributed by atoms with E-state index < -0.39 is 0 Å². The van der Waals surface area contributed by atoms with Crippen molar-refractivity contribution < 1.29 is 9.47 Å². The smallest absolute Gasteiger partial charge is 0.161 e. The van der Waals surface area contributed by atoms with Gasteiger partial charge in [0.15, 0.2) is 11.5 Å². The van der Waals surface area contributed by atoms with E-state index in [4.69, 9.17) is 15.2 Å².